The summed E-state index contributed by atoms with van der Waals surface area (Å²) in [6.45, 7) is 8.78. The van der Waals surface area contributed by atoms with Crippen molar-refractivity contribution >= 4 is 0 Å². The molecular weight excluding hydrogens is 368 g/mol. The predicted molar refractivity (Wildman–Crippen MR) is 119 cm³/mol. The van der Waals surface area contributed by atoms with Gasteiger partial charge in [0.2, 0.25) is 0 Å². The minimum absolute atomic E-state index is 0.190. The van der Waals surface area contributed by atoms with Gasteiger partial charge in [-0.05, 0) is 49.2 Å². The first kappa shape index (κ1) is 18.6. The fraction of sp³-hybridized carbons (Fsp3) is 0.231. The van der Waals surface area contributed by atoms with E-state index >= 15 is 0 Å². The second kappa shape index (κ2) is 6.56. The van der Waals surface area contributed by atoms with Crippen LogP contribution in [-0.4, -0.2) is 19.9 Å². The van der Waals surface area contributed by atoms with E-state index in [-0.39, 0.29) is 10.8 Å². The van der Waals surface area contributed by atoms with Crippen LogP contribution in [0.2, 0.25) is 0 Å². The highest BCUT2D eigenvalue weighted by Gasteiger charge is 2.29. The summed E-state index contributed by atoms with van der Waals surface area (Å²) in [4.78, 5) is 19.0. The molecule has 0 atom stereocenters. The van der Waals surface area contributed by atoms with Gasteiger partial charge in [0.15, 0.2) is 11.6 Å². The molecule has 4 nitrogen and oxygen atoms in total. The minimum Gasteiger partial charge on any atom is -0.237 e. The van der Waals surface area contributed by atoms with Crippen molar-refractivity contribution in [2.24, 2.45) is 0 Å². The lowest BCUT2D eigenvalue weighted by Gasteiger charge is -2.28. The Hall–Kier alpha value is -3.40. The van der Waals surface area contributed by atoms with Crippen LogP contribution in [0, 0.1) is 0 Å². The van der Waals surface area contributed by atoms with E-state index in [1.807, 2.05) is 24.5 Å². The molecule has 4 heteroatoms. The van der Waals surface area contributed by atoms with Gasteiger partial charge in [0.25, 0.3) is 0 Å². The third-order valence-corrected chi connectivity index (χ3v) is 6.28. The lowest BCUT2D eigenvalue weighted by molar-refractivity contribution is 0.592. The molecule has 5 rings (SSSR count). The lowest BCUT2D eigenvalue weighted by atomic mass is 9.77. The van der Waals surface area contributed by atoms with E-state index in [1.54, 1.807) is 0 Å². The van der Waals surface area contributed by atoms with Crippen molar-refractivity contribution in [3.05, 3.63) is 95.6 Å². The van der Waals surface area contributed by atoms with E-state index in [0.717, 1.165) is 34.2 Å². The highest BCUT2D eigenvalue weighted by molar-refractivity contribution is 5.61. The molecule has 8 bridgehead atoms. The molecule has 1 aliphatic heterocycles. The van der Waals surface area contributed by atoms with Crippen molar-refractivity contribution in [2.45, 2.75) is 38.5 Å². The van der Waals surface area contributed by atoms with Crippen LogP contribution in [0.25, 0.3) is 22.8 Å². The molecule has 3 heterocycles. The Balaban J connectivity index is 1.85. The van der Waals surface area contributed by atoms with Gasteiger partial charge in [0.1, 0.15) is 0 Å². The van der Waals surface area contributed by atoms with Gasteiger partial charge in [-0.1, -0.05) is 50.2 Å². The standard InChI is InChI=1S/C26H24N4/c1-25(2)19-9-5-7-17(15-19)23-27-13-11-21(29-23)26(3,4)22-12-14-28-24(30-22)18-8-6-10-20(25)16-18/h5-16H,1-4H3. The summed E-state index contributed by atoms with van der Waals surface area (Å²) in [5.41, 5.74) is 5.79. The van der Waals surface area contributed by atoms with E-state index in [1.165, 1.54) is 11.1 Å². The maximum Gasteiger partial charge on any atom is 0.159 e. The third kappa shape index (κ3) is 2.91. The van der Waals surface area contributed by atoms with Gasteiger partial charge in [-0.3, -0.25) is 0 Å². The number of nitrogens with zero attached hydrogens (tertiary/aromatic N) is 4. The number of benzene rings is 2. The van der Waals surface area contributed by atoms with Crippen molar-refractivity contribution in [2.75, 3.05) is 0 Å². The monoisotopic (exact) mass is 392 g/mol. The fourth-order valence-electron chi connectivity index (χ4n) is 4.08. The van der Waals surface area contributed by atoms with Gasteiger partial charge in [-0.2, -0.15) is 0 Å². The minimum atomic E-state index is -0.381. The van der Waals surface area contributed by atoms with Crippen LogP contribution in [0.5, 0.6) is 0 Å². The Morgan fingerprint density at radius 3 is 1.50 bits per heavy atom. The van der Waals surface area contributed by atoms with Gasteiger partial charge in [0, 0.05) is 34.4 Å². The van der Waals surface area contributed by atoms with Gasteiger partial charge >= 0.3 is 0 Å². The molecule has 0 N–H and O–H groups in total. The maximum absolute atomic E-state index is 4.95. The molecule has 4 aromatic rings. The first-order chi connectivity index (χ1) is 14.4. The fourth-order valence-corrected chi connectivity index (χ4v) is 4.08. The van der Waals surface area contributed by atoms with Crippen LogP contribution in [0.1, 0.15) is 50.2 Å². The van der Waals surface area contributed by atoms with Crippen molar-refractivity contribution < 1.29 is 0 Å². The van der Waals surface area contributed by atoms with Crippen LogP contribution in [0.4, 0.5) is 0 Å². The molecule has 30 heavy (non-hydrogen) atoms. The Morgan fingerprint density at radius 1 is 0.567 bits per heavy atom. The number of fused-ring (bicyclic) bond motifs is 10. The van der Waals surface area contributed by atoms with Crippen LogP contribution >= 0.6 is 0 Å². The molecule has 0 saturated carbocycles. The molecule has 0 unspecified atom stereocenters. The SMILES string of the molecule is CC1(C)c2cccc(c2)-c2nccc(n2)C(C)(C)c2ccnc(n2)-c2cccc1c2. The molecule has 1 aliphatic rings. The third-order valence-electron chi connectivity index (χ3n) is 6.28. The van der Waals surface area contributed by atoms with Crippen molar-refractivity contribution in [1.82, 2.24) is 19.9 Å². The number of hydrogen-bond acceptors (Lipinski definition) is 4. The molecule has 148 valence electrons. The maximum atomic E-state index is 4.95. The zero-order valence-corrected chi connectivity index (χ0v) is 17.7. The smallest absolute Gasteiger partial charge is 0.159 e. The molecule has 0 radical (unpaired) electrons. The van der Waals surface area contributed by atoms with Gasteiger partial charge in [0.05, 0.1) is 11.4 Å². The van der Waals surface area contributed by atoms with E-state index in [4.69, 9.17) is 9.97 Å². The van der Waals surface area contributed by atoms with Crippen molar-refractivity contribution in [3.8, 4) is 22.8 Å². The summed E-state index contributed by atoms with van der Waals surface area (Å²) in [6.07, 6.45) is 3.68. The second-order valence-electron chi connectivity index (χ2n) is 8.94. The van der Waals surface area contributed by atoms with Gasteiger partial charge in [-0.25, -0.2) is 19.9 Å². The quantitative estimate of drug-likeness (QED) is 0.393. The van der Waals surface area contributed by atoms with Crippen LogP contribution in [0.3, 0.4) is 0 Å². The molecule has 0 spiro atoms. The van der Waals surface area contributed by atoms with Crippen LogP contribution in [-0.2, 0) is 10.8 Å². The lowest BCUT2D eigenvalue weighted by Crippen LogP contribution is -2.23. The van der Waals surface area contributed by atoms with E-state index in [9.17, 15) is 0 Å². The summed E-state index contributed by atoms with van der Waals surface area (Å²) < 4.78 is 0. The highest BCUT2D eigenvalue weighted by atomic mass is 14.9. The van der Waals surface area contributed by atoms with E-state index < -0.39 is 0 Å². The van der Waals surface area contributed by atoms with Crippen LogP contribution in [0.15, 0.2) is 73.1 Å². The summed E-state index contributed by atoms with van der Waals surface area (Å²) in [5.74, 6) is 1.47. The van der Waals surface area contributed by atoms with Crippen molar-refractivity contribution in [1.29, 1.82) is 0 Å². The average molecular weight is 393 g/mol. The summed E-state index contributed by atoms with van der Waals surface area (Å²) >= 11 is 0. The molecule has 0 fully saturated rings. The summed E-state index contributed by atoms with van der Waals surface area (Å²) in [5, 5.41) is 0. The topological polar surface area (TPSA) is 51.6 Å². The summed E-state index contributed by atoms with van der Waals surface area (Å²) in [6, 6.07) is 21.1. The Labute approximate surface area is 177 Å². The molecule has 2 aromatic carbocycles. The molecule has 0 amide bonds. The molecule has 0 aliphatic carbocycles. The Bertz CT molecular complexity index is 1060. The van der Waals surface area contributed by atoms with Crippen LogP contribution < -0.4 is 0 Å². The number of aromatic nitrogens is 4. The predicted octanol–water partition coefficient (Wildman–Crippen LogP) is 5.57. The molecule has 0 saturated heterocycles. The first-order valence-corrected chi connectivity index (χ1v) is 10.2. The zero-order valence-electron chi connectivity index (χ0n) is 17.7. The average Bonchev–Trinajstić information content (AvgIpc) is 2.79. The van der Waals surface area contributed by atoms with Gasteiger partial charge < -0.3 is 0 Å². The highest BCUT2D eigenvalue weighted by Crippen LogP contribution is 2.36. The van der Waals surface area contributed by atoms with Crippen molar-refractivity contribution in [3.63, 3.8) is 0 Å². The second-order valence-corrected chi connectivity index (χ2v) is 8.94. The van der Waals surface area contributed by atoms with Gasteiger partial charge in [-0.15, -0.1) is 0 Å². The normalized spacial score (nSPS) is 15.9. The molecule has 2 aromatic heterocycles. The van der Waals surface area contributed by atoms with E-state index in [2.05, 4.69) is 86.2 Å². The zero-order chi connectivity index (χ0) is 20.9. The molecular formula is C26H24N4. The largest absolute Gasteiger partial charge is 0.237 e. The van der Waals surface area contributed by atoms with E-state index in [0.29, 0.717) is 0 Å². The number of rotatable bonds is 0. The Kier molecular flexibility index (Phi) is 4.07. The first-order valence-electron chi connectivity index (χ1n) is 10.2. The Morgan fingerprint density at radius 2 is 1.03 bits per heavy atom. The summed E-state index contributed by atoms with van der Waals surface area (Å²) in [7, 11) is 0. The number of hydrogen-bond donors (Lipinski definition) is 0.